The Hall–Kier alpha value is -0.0800. The van der Waals surface area contributed by atoms with Crippen LogP contribution in [0.4, 0.5) is 0 Å². The highest BCUT2D eigenvalue weighted by Crippen LogP contribution is 2.48. The Balaban J connectivity index is 1.82. The molecule has 0 spiro atoms. The summed E-state index contributed by atoms with van der Waals surface area (Å²) in [6.45, 7) is 7.07. The fourth-order valence-electron chi connectivity index (χ4n) is 4.38. The molecule has 0 aliphatic heterocycles. The van der Waals surface area contributed by atoms with Gasteiger partial charge in [-0.1, -0.05) is 20.3 Å². The highest BCUT2D eigenvalue weighted by atomic mass is 16.3. The van der Waals surface area contributed by atoms with Crippen molar-refractivity contribution in [1.29, 1.82) is 0 Å². The van der Waals surface area contributed by atoms with Crippen LogP contribution in [-0.4, -0.2) is 36.8 Å². The van der Waals surface area contributed by atoms with Crippen LogP contribution in [0.5, 0.6) is 0 Å². The molecule has 0 amide bonds. The smallest absolute Gasteiger partial charge is 0.0499 e. The van der Waals surface area contributed by atoms with E-state index < -0.39 is 0 Å². The average molecular weight is 253 g/mol. The molecule has 2 heteroatoms. The minimum Gasteiger partial charge on any atom is -0.396 e. The van der Waals surface area contributed by atoms with Gasteiger partial charge in [-0.05, 0) is 56.9 Å². The highest BCUT2D eigenvalue weighted by molar-refractivity contribution is 4.91. The Labute approximate surface area is 113 Å². The first kappa shape index (κ1) is 14.3. The second-order valence-electron chi connectivity index (χ2n) is 7.00. The zero-order valence-electron chi connectivity index (χ0n) is 12.5. The van der Waals surface area contributed by atoms with Gasteiger partial charge in [-0.15, -0.1) is 0 Å². The van der Waals surface area contributed by atoms with Crippen LogP contribution < -0.4 is 0 Å². The van der Waals surface area contributed by atoms with Gasteiger partial charge < -0.3 is 10.0 Å². The van der Waals surface area contributed by atoms with Crippen molar-refractivity contribution in [1.82, 2.24) is 4.90 Å². The fourth-order valence-corrected chi connectivity index (χ4v) is 4.38. The number of aliphatic hydroxyl groups excluding tert-OH is 1. The maximum absolute atomic E-state index is 9.66. The summed E-state index contributed by atoms with van der Waals surface area (Å²) in [5.74, 6) is 3.01. The Bertz CT molecular complexity index is 254. The van der Waals surface area contributed by atoms with Crippen LogP contribution in [0.2, 0.25) is 0 Å². The zero-order chi connectivity index (χ0) is 13.2. The Kier molecular flexibility index (Phi) is 4.71. The van der Waals surface area contributed by atoms with E-state index in [1.165, 1.54) is 32.2 Å². The van der Waals surface area contributed by atoms with Crippen molar-refractivity contribution in [2.75, 3.05) is 26.7 Å². The van der Waals surface area contributed by atoms with E-state index in [0.717, 1.165) is 37.1 Å². The van der Waals surface area contributed by atoms with Gasteiger partial charge in [0.2, 0.25) is 0 Å². The van der Waals surface area contributed by atoms with Gasteiger partial charge in [0.15, 0.2) is 0 Å². The first-order valence-corrected chi connectivity index (χ1v) is 7.92. The summed E-state index contributed by atoms with van der Waals surface area (Å²) in [6, 6.07) is 0. The van der Waals surface area contributed by atoms with Gasteiger partial charge in [0.05, 0.1) is 0 Å². The van der Waals surface area contributed by atoms with Gasteiger partial charge in [0, 0.05) is 25.1 Å². The fraction of sp³-hybridized carbons (Fsp3) is 1.00. The molecule has 18 heavy (non-hydrogen) atoms. The molecule has 2 aliphatic rings. The molecule has 3 unspecified atom stereocenters. The van der Waals surface area contributed by atoms with E-state index in [9.17, 15) is 5.11 Å². The summed E-state index contributed by atoms with van der Waals surface area (Å²) in [7, 11) is 2.25. The third-order valence-electron chi connectivity index (χ3n) is 5.87. The lowest BCUT2D eigenvalue weighted by molar-refractivity contribution is 0.0657. The van der Waals surface area contributed by atoms with Gasteiger partial charge in [0.25, 0.3) is 0 Å². The molecule has 1 N–H and O–H groups in total. The molecule has 0 aromatic carbocycles. The topological polar surface area (TPSA) is 23.5 Å². The maximum atomic E-state index is 9.66. The SMILES string of the molecule is CCC(CC)(CO)CN(C)CC1CC2CCC1C2. The van der Waals surface area contributed by atoms with Crippen molar-refractivity contribution in [3.63, 3.8) is 0 Å². The molecular formula is C16H31NO. The first-order chi connectivity index (χ1) is 8.62. The Morgan fingerprint density at radius 2 is 1.89 bits per heavy atom. The van der Waals surface area contributed by atoms with Crippen molar-refractivity contribution in [2.24, 2.45) is 23.2 Å². The molecule has 2 fully saturated rings. The van der Waals surface area contributed by atoms with Crippen LogP contribution >= 0.6 is 0 Å². The second-order valence-corrected chi connectivity index (χ2v) is 7.00. The molecule has 0 saturated heterocycles. The summed E-state index contributed by atoms with van der Waals surface area (Å²) >= 11 is 0. The highest BCUT2D eigenvalue weighted by Gasteiger charge is 2.40. The van der Waals surface area contributed by atoms with Crippen LogP contribution in [0.3, 0.4) is 0 Å². The lowest BCUT2D eigenvalue weighted by atomic mass is 9.82. The van der Waals surface area contributed by atoms with Crippen molar-refractivity contribution < 1.29 is 5.11 Å². The van der Waals surface area contributed by atoms with E-state index in [0.29, 0.717) is 6.61 Å². The summed E-state index contributed by atoms with van der Waals surface area (Å²) in [5, 5.41) is 9.66. The summed E-state index contributed by atoms with van der Waals surface area (Å²) in [4.78, 5) is 2.49. The van der Waals surface area contributed by atoms with E-state index in [2.05, 4.69) is 25.8 Å². The molecule has 0 aromatic heterocycles. The van der Waals surface area contributed by atoms with Crippen LogP contribution in [0.15, 0.2) is 0 Å². The van der Waals surface area contributed by atoms with E-state index in [-0.39, 0.29) is 5.41 Å². The molecular weight excluding hydrogens is 222 g/mol. The molecule has 0 radical (unpaired) electrons. The molecule has 2 bridgehead atoms. The predicted molar refractivity (Wildman–Crippen MR) is 76.5 cm³/mol. The lowest BCUT2D eigenvalue weighted by Gasteiger charge is -2.36. The van der Waals surface area contributed by atoms with Crippen molar-refractivity contribution in [2.45, 2.75) is 52.4 Å². The zero-order valence-corrected chi connectivity index (χ0v) is 12.5. The number of hydrogen-bond donors (Lipinski definition) is 1. The third-order valence-corrected chi connectivity index (χ3v) is 5.87. The molecule has 2 aliphatic carbocycles. The molecule has 2 rings (SSSR count). The number of fused-ring (bicyclic) bond motifs is 2. The van der Waals surface area contributed by atoms with Crippen molar-refractivity contribution >= 4 is 0 Å². The number of nitrogens with zero attached hydrogens (tertiary/aromatic N) is 1. The largest absolute Gasteiger partial charge is 0.396 e. The third kappa shape index (κ3) is 2.91. The number of hydrogen-bond acceptors (Lipinski definition) is 2. The molecule has 2 nitrogen and oxygen atoms in total. The quantitative estimate of drug-likeness (QED) is 0.753. The lowest BCUT2D eigenvalue weighted by Crippen LogP contribution is -2.40. The van der Waals surface area contributed by atoms with Crippen LogP contribution in [0.25, 0.3) is 0 Å². The molecule has 3 atom stereocenters. The minimum atomic E-state index is 0.131. The van der Waals surface area contributed by atoms with Crippen LogP contribution in [0.1, 0.15) is 52.4 Å². The van der Waals surface area contributed by atoms with Crippen LogP contribution in [-0.2, 0) is 0 Å². The van der Waals surface area contributed by atoms with Crippen molar-refractivity contribution in [3.8, 4) is 0 Å². The summed E-state index contributed by atoms with van der Waals surface area (Å²) in [5.41, 5.74) is 0.131. The van der Waals surface area contributed by atoms with E-state index in [1.807, 2.05) is 0 Å². The maximum Gasteiger partial charge on any atom is 0.0499 e. The van der Waals surface area contributed by atoms with Gasteiger partial charge in [0.1, 0.15) is 0 Å². The molecule has 0 heterocycles. The van der Waals surface area contributed by atoms with E-state index >= 15 is 0 Å². The van der Waals surface area contributed by atoms with Crippen molar-refractivity contribution in [3.05, 3.63) is 0 Å². The van der Waals surface area contributed by atoms with Gasteiger partial charge in [-0.25, -0.2) is 0 Å². The molecule has 106 valence electrons. The van der Waals surface area contributed by atoms with Crippen LogP contribution in [0, 0.1) is 23.2 Å². The first-order valence-electron chi connectivity index (χ1n) is 7.92. The Morgan fingerprint density at radius 1 is 1.17 bits per heavy atom. The standard InChI is InChI=1S/C16H31NO/c1-4-16(5-2,12-18)11-17(3)10-15-9-13-6-7-14(15)8-13/h13-15,18H,4-12H2,1-3H3. The predicted octanol–water partition coefficient (Wildman–Crippen LogP) is 3.15. The normalized spacial score (nSPS) is 31.5. The Morgan fingerprint density at radius 3 is 2.33 bits per heavy atom. The number of rotatable bonds is 7. The number of aliphatic hydroxyl groups is 1. The summed E-state index contributed by atoms with van der Waals surface area (Å²) in [6.07, 6.45) is 8.12. The minimum absolute atomic E-state index is 0.131. The average Bonchev–Trinajstić information content (AvgIpc) is 2.98. The second kappa shape index (κ2) is 5.92. The molecule has 0 aromatic rings. The monoisotopic (exact) mass is 253 g/mol. The van der Waals surface area contributed by atoms with E-state index in [4.69, 9.17) is 0 Å². The van der Waals surface area contributed by atoms with Gasteiger partial charge >= 0.3 is 0 Å². The van der Waals surface area contributed by atoms with Gasteiger partial charge in [-0.3, -0.25) is 0 Å². The van der Waals surface area contributed by atoms with E-state index in [1.54, 1.807) is 0 Å². The van der Waals surface area contributed by atoms with Gasteiger partial charge in [-0.2, -0.15) is 0 Å². The molecule has 2 saturated carbocycles. The summed E-state index contributed by atoms with van der Waals surface area (Å²) < 4.78 is 0.